The molecule has 2 aromatic carbocycles. The Kier molecular flexibility index (Phi) is 3.88. The second-order valence-electron chi connectivity index (χ2n) is 5.19. The number of hydrogen-bond donors (Lipinski definition) is 0. The number of rotatable bonds is 4. The van der Waals surface area contributed by atoms with E-state index in [-0.39, 0.29) is 11.5 Å². The molecule has 3 nitrogen and oxygen atoms in total. The van der Waals surface area contributed by atoms with Crippen LogP contribution in [0.4, 0.5) is 0 Å². The van der Waals surface area contributed by atoms with Gasteiger partial charge in [-0.1, -0.05) is 61.9 Å². The summed E-state index contributed by atoms with van der Waals surface area (Å²) in [6.45, 7) is 2.04. The molecule has 0 unspecified atom stereocenters. The lowest BCUT2D eigenvalue weighted by atomic mass is 9.97. The summed E-state index contributed by atoms with van der Waals surface area (Å²) in [5.74, 6) is -0.0800. The lowest BCUT2D eigenvalue weighted by Crippen LogP contribution is -2.12. The average Bonchev–Trinajstić information content (AvgIpc) is 2.57. The molecule has 0 bridgehead atoms. The number of hydrogen-bond acceptors (Lipinski definition) is 3. The van der Waals surface area contributed by atoms with Crippen LogP contribution in [0.15, 0.2) is 63.8 Å². The number of fused-ring (bicyclic) bond motifs is 1. The summed E-state index contributed by atoms with van der Waals surface area (Å²) >= 11 is 0. The van der Waals surface area contributed by atoms with Crippen molar-refractivity contribution in [2.45, 2.75) is 19.8 Å². The van der Waals surface area contributed by atoms with Crippen molar-refractivity contribution < 1.29 is 9.21 Å². The molecule has 0 radical (unpaired) electrons. The molecule has 3 aromatic rings. The average molecular weight is 292 g/mol. The molecule has 3 heteroatoms. The largest absolute Gasteiger partial charge is 0.418 e. The van der Waals surface area contributed by atoms with Crippen molar-refractivity contribution in [2.24, 2.45) is 0 Å². The molecular formula is C19H16O3. The van der Waals surface area contributed by atoms with Gasteiger partial charge in [0, 0.05) is 11.1 Å². The molecule has 0 fully saturated rings. The zero-order valence-electron chi connectivity index (χ0n) is 12.3. The quantitative estimate of drug-likeness (QED) is 0.683. The molecule has 0 aliphatic heterocycles. The monoisotopic (exact) mass is 292 g/mol. The second kappa shape index (κ2) is 5.98. The molecule has 0 N–H and O–H groups in total. The summed E-state index contributed by atoms with van der Waals surface area (Å²) in [4.78, 5) is 24.9. The van der Waals surface area contributed by atoms with Gasteiger partial charge in [-0.3, -0.25) is 4.79 Å². The molecular weight excluding hydrogens is 276 g/mol. The summed E-state index contributed by atoms with van der Waals surface area (Å²) in [5.41, 5.74) is 0.875. The van der Waals surface area contributed by atoms with Gasteiger partial charge in [0.05, 0.1) is 5.39 Å². The fraction of sp³-hybridized carbons (Fsp3) is 0.158. The molecule has 0 aliphatic carbocycles. The minimum absolute atomic E-state index is 0.164. The van der Waals surface area contributed by atoms with Crippen molar-refractivity contribution in [3.63, 3.8) is 0 Å². The Bertz CT molecular complexity index is 876. The van der Waals surface area contributed by atoms with Gasteiger partial charge in [0.1, 0.15) is 0 Å². The van der Waals surface area contributed by atoms with Crippen LogP contribution >= 0.6 is 0 Å². The molecule has 0 aliphatic rings. The van der Waals surface area contributed by atoms with Gasteiger partial charge >= 0.3 is 5.63 Å². The van der Waals surface area contributed by atoms with Crippen LogP contribution in [0.25, 0.3) is 10.8 Å². The molecule has 0 spiro atoms. The van der Waals surface area contributed by atoms with E-state index in [1.807, 2.05) is 25.1 Å². The Morgan fingerprint density at radius 1 is 0.955 bits per heavy atom. The van der Waals surface area contributed by atoms with E-state index in [4.69, 9.17) is 4.42 Å². The third-order valence-electron chi connectivity index (χ3n) is 3.68. The van der Waals surface area contributed by atoms with Crippen molar-refractivity contribution >= 4 is 16.6 Å². The smallest absolute Gasteiger partial charge is 0.344 e. The standard InChI is InChI=1S/C19H16O3/c1-2-8-15-14-11-6-7-12-16(14)19(21)22-18(15)17(20)13-9-4-3-5-10-13/h3-7,9-12H,2,8H2,1H3. The maximum absolute atomic E-state index is 12.7. The fourth-order valence-corrected chi connectivity index (χ4v) is 2.66. The van der Waals surface area contributed by atoms with E-state index in [9.17, 15) is 9.59 Å². The molecule has 1 heterocycles. The van der Waals surface area contributed by atoms with Crippen molar-refractivity contribution in [1.82, 2.24) is 0 Å². The SMILES string of the molecule is CCCc1c(C(=O)c2ccccc2)oc(=O)c2ccccc12. The third-order valence-corrected chi connectivity index (χ3v) is 3.68. The highest BCUT2D eigenvalue weighted by atomic mass is 16.4. The molecule has 0 atom stereocenters. The fourth-order valence-electron chi connectivity index (χ4n) is 2.66. The predicted octanol–water partition coefficient (Wildman–Crippen LogP) is 3.98. The maximum Gasteiger partial charge on any atom is 0.344 e. The Hall–Kier alpha value is -2.68. The number of aryl methyl sites for hydroxylation is 1. The molecule has 0 saturated carbocycles. The van der Waals surface area contributed by atoms with Crippen LogP contribution in [0.2, 0.25) is 0 Å². The number of carbonyl (C=O) groups is 1. The maximum atomic E-state index is 12.7. The molecule has 110 valence electrons. The summed E-state index contributed by atoms with van der Waals surface area (Å²) in [6.07, 6.45) is 1.56. The van der Waals surface area contributed by atoms with Crippen LogP contribution in [-0.4, -0.2) is 5.78 Å². The van der Waals surface area contributed by atoms with Crippen LogP contribution in [0.3, 0.4) is 0 Å². The lowest BCUT2D eigenvalue weighted by Gasteiger charge is -2.10. The van der Waals surface area contributed by atoms with Gasteiger partial charge in [-0.2, -0.15) is 0 Å². The zero-order chi connectivity index (χ0) is 15.5. The first-order valence-corrected chi connectivity index (χ1v) is 7.37. The van der Waals surface area contributed by atoms with E-state index < -0.39 is 5.63 Å². The van der Waals surface area contributed by atoms with E-state index in [0.29, 0.717) is 17.4 Å². The van der Waals surface area contributed by atoms with Crippen LogP contribution in [0.5, 0.6) is 0 Å². The van der Waals surface area contributed by atoms with Crippen molar-refractivity contribution in [1.29, 1.82) is 0 Å². The number of ketones is 1. The Labute approximate surface area is 128 Å². The van der Waals surface area contributed by atoms with Gasteiger partial charge in [0.15, 0.2) is 5.76 Å². The highest BCUT2D eigenvalue weighted by Crippen LogP contribution is 2.23. The van der Waals surface area contributed by atoms with E-state index in [2.05, 4.69) is 0 Å². The van der Waals surface area contributed by atoms with E-state index in [0.717, 1.165) is 17.4 Å². The van der Waals surface area contributed by atoms with E-state index >= 15 is 0 Å². The lowest BCUT2D eigenvalue weighted by molar-refractivity contribution is 0.100. The third kappa shape index (κ3) is 2.46. The Morgan fingerprint density at radius 3 is 2.27 bits per heavy atom. The zero-order valence-corrected chi connectivity index (χ0v) is 12.3. The molecule has 22 heavy (non-hydrogen) atoms. The van der Waals surface area contributed by atoms with Gasteiger partial charge in [0.25, 0.3) is 0 Å². The Balaban J connectivity index is 2.27. The summed E-state index contributed by atoms with van der Waals surface area (Å²) in [7, 11) is 0. The first-order chi connectivity index (χ1) is 10.7. The van der Waals surface area contributed by atoms with Gasteiger partial charge in [-0.25, -0.2) is 4.79 Å². The van der Waals surface area contributed by atoms with Gasteiger partial charge in [0.2, 0.25) is 5.78 Å². The molecule has 0 amide bonds. The predicted molar refractivity (Wildman–Crippen MR) is 86.4 cm³/mol. The van der Waals surface area contributed by atoms with Gasteiger partial charge in [-0.05, 0) is 17.9 Å². The van der Waals surface area contributed by atoms with Crippen LogP contribution in [0.1, 0.15) is 35.0 Å². The van der Waals surface area contributed by atoms with Gasteiger partial charge in [-0.15, -0.1) is 0 Å². The van der Waals surface area contributed by atoms with Crippen molar-refractivity contribution in [2.75, 3.05) is 0 Å². The molecule has 1 aromatic heterocycles. The molecule has 0 saturated heterocycles. The van der Waals surface area contributed by atoms with Crippen molar-refractivity contribution in [3.05, 3.63) is 81.9 Å². The summed E-state index contributed by atoms with van der Waals surface area (Å²) < 4.78 is 5.39. The van der Waals surface area contributed by atoms with Crippen molar-refractivity contribution in [3.8, 4) is 0 Å². The van der Waals surface area contributed by atoms with Gasteiger partial charge < -0.3 is 4.42 Å². The van der Waals surface area contributed by atoms with Crippen LogP contribution in [0, 0.1) is 0 Å². The normalized spacial score (nSPS) is 10.8. The molecule has 3 rings (SSSR count). The number of carbonyl (C=O) groups excluding carboxylic acids is 1. The first kappa shape index (κ1) is 14.3. The highest BCUT2D eigenvalue weighted by Gasteiger charge is 2.20. The van der Waals surface area contributed by atoms with Crippen LogP contribution < -0.4 is 5.63 Å². The minimum atomic E-state index is -0.463. The van der Waals surface area contributed by atoms with Crippen LogP contribution in [-0.2, 0) is 6.42 Å². The van der Waals surface area contributed by atoms with E-state index in [1.54, 1.807) is 36.4 Å². The topological polar surface area (TPSA) is 47.3 Å². The highest BCUT2D eigenvalue weighted by molar-refractivity contribution is 6.09. The number of benzene rings is 2. The minimum Gasteiger partial charge on any atom is -0.418 e. The summed E-state index contributed by atoms with van der Waals surface area (Å²) in [5, 5.41) is 1.33. The first-order valence-electron chi connectivity index (χ1n) is 7.37. The van der Waals surface area contributed by atoms with E-state index in [1.165, 1.54) is 0 Å². The second-order valence-corrected chi connectivity index (χ2v) is 5.19. The Morgan fingerprint density at radius 2 is 1.59 bits per heavy atom. The summed E-state index contributed by atoms with van der Waals surface area (Å²) in [6, 6.07) is 16.2.